The summed E-state index contributed by atoms with van der Waals surface area (Å²) >= 11 is 0. The molecule has 0 saturated heterocycles. The summed E-state index contributed by atoms with van der Waals surface area (Å²) in [5, 5.41) is 13.8. The van der Waals surface area contributed by atoms with Crippen molar-refractivity contribution < 1.29 is 28.6 Å². The van der Waals surface area contributed by atoms with E-state index >= 15 is 0 Å². The average Bonchev–Trinajstić information content (AvgIpc) is 3.04. The molecule has 2 heterocycles. The summed E-state index contributed by atoms with van der Waals surface area (Å²) in [5.41, 5.74) is -1.49. The molecule has 2 amide bonds. The van der Waals surface area contributed by atoms with Gasteiger partial charge in [-0.3, -0.25) is 20.4 Å². The molecule has 10 nitrogen and oxygen atoms in total. The van der Waals surface area contributed by atoms with Crippen molar-refractivity contribution in [3.05, 3.63) is 47.3 Å². The van der Waals surface area contributed by atoms with Gasteiger partial charge in [-0.05, 0) is 45.9 Å². The molecule has 1 aliphatic rings. The van der Waals surface area contributed by atoms with Gasteiger partial charge in [0.05, 0.1) is 12.7 Å². The number of benzene rings is 1. The van der Waals surface area contributed by atoms with Crippen molar-refractivity contribution >= 4 is 30.0 Å². The number of carboxylic acid groups (broad SMARTS) is 1. The maximum atomic E-state index is 14.8. The fourth-order valence-corrected chi connectivity index (χ4v) is 3.25. The lowest BCUT2D eigenvalue weighted by molar-refractivity contribution is 0.0635. The van der Waals surface area contributed by atoms with Crippen molar-refractivity contribution in [3.8, 4) is 0 Å². The van der Waals surface area contributed by atoms with Gasteiger partial charge in [0, 0.05) is 11.3 Å². The molecule has 164 valence electrons. The maximum absolute atomic E-state index is 14.8. The number of nitrogens with one attached hydrogen (secondary N) is 2. The molecular formula is C20H22FN5O5. The predicted molar refractivity (Wildman–Crippen MR) is 109 cm³/mol. The van der Waals surface area contributed by atoms with Crippen LogP contribution in [0.2, 0.25) is 0 Å². The number of amidine groups is 1. The summed E-state index contributed by atoms with van der Waals surface area (Å²) in [4.78, 5) is 43.1. The molecule has 11 heteroatoms. The molecule has 0 fully saturated rings. The number of amides is 2. The Bertz CT molecular complexity index is 1090. The molecule has 1 aromatic heterocycles. The van der Waals surface area contributed by atoms with Crippen LogP contribution >= 0.6 is 0 Å². The Kier molecular flexibility index (Phi) is 5.53. The van der Waals surface area contributed by atoms with Gasteiger partial charge in [-0.1, -0.05) is 0 Å². The van der Waals surface area contributed by atoms with E-state index in [2.05, 4.69) is 20.6 Å². The second-order valence-corrected chi connectivity index (χ2v) is 8.20. The number of ether oxygens (including phenoxy) is 1. The third-order valence-corrected chi connectivity index (χ3v) is 4.46. The monoisotopic (exact) mass is 431 g/mol. The number of carbonyl (C=O) groups is 3. The van der Waals surface area contributed by atoms with Crippen molar-refractivity contribution in [2.75, 3.05) is 5.32 Å². The molecule has 31 heavy (non-hydrogen) atoms. The van der Waals surface area contributed by atoms with Crippen LogP contribution in [0.25, 0.3) is 0 Å². The van der Waals surface area contributed by atoms with Gasteiger partial charge in [0.1, 0.15) is 22.7 Å². The van der Waals surface area contributed by atoms with E-state index < -0.39 is 29.1 Å². The van der Waals surface area contributed by atoms with Gasteiger partial charge >= 0.3 is 12.2 Å². The van der Waals surface area contributed by atoms with E-state index in [-0.39, 0.29) is 35.1 Å². The van der Waals surface area contributed by atoms with Crippen LogP contribution in [-0.2, 0) is 16.8 Å². The van der Waals surface area contributed by atoms with Crippen LogP contribution in [-0.4, -0.2) is 44.6 Å². The molecule has 1 unspecified atom stereocenters. The zero-order chi connectivity index (χ0) is 23.0. The van der Waals surface area contributed by atoms with E-state index in [1.165, 1.54) is 22.9 Å². The zero-order valence-electron chi connectivity index (χ0n) is 17.4. The van der Waals surface area contributed by atoms with Crippen LogP contribution in [0, 0.1) is 5.82 Å². The summed E-state index contributed by atoms with van der Waals surface area (Å²) < 4.78 is 21.5. The van der Waals surface area contributed by atoms with E-state index in [9.17, 15) is 18.8 Å². The fourth-order valence-electron chi connectivity index (χ4n) is 3.25. The van der Waals surface area contributed by atoms with Crippen molar-refractivity contribution in [3.63, 3.8) is 0 Å². The standard InChI is InChI=1S/C20H22FN5O5/c1-19(2,3)31-18(30)23-11-5-6-14(21)13(7-11)20(4)10-26-12(9-27)8-22-16(26)15(25-20)24-17(28)29/h5-9H,10H2,1-4H3,(H,23,30)(H,24,25)(H,28,29). The largest absolute Gasteiger partial charge is 0.465 e. The molecule has 0 aliphatic carbocycles. The number of halogens is 1. The summed E-state index contributed by atoms with van der Waals surface area (Å²) in [5.74, 6) is -0.600. The first-order valence-electron chi connectivity index (χ1n) is 9.33. The van der Waals surface area contributed by atoms with E-state index in [1.807, 2.05) is 0 Å². The number of carbonyl (C=O) groups excluding carboxylic acids is 2. The summed E-state index contributed by atoms with van der Waals surface area (Å²) in [6, 6.07) is 3.93. The highest BCUT2D eigenvalue weighted by molar-refractivity contribution is 6.05. The number of aliphatic imine (C=N–C) groups is 1. The van der Waals surface area contributed by atoms with Crippen LogP contribution in [0.4, 0.5) is 19.7 Å². The maximum Gasteiger partial charge on any atom is 0.412 e. The van der Waals surface area contributed by atoms with E-state index in [0.29, 0.717) is 6.29 Å². The Morgan fingerprint density at radius 1 is 1.32 bits per heavy atom. The summed E-state index contributed by atoms with van der Waals surface area (Å²) in [6.07, 6.45) is -0.247. The lowest BCUT2D eigenvalue weighted by atomic mass is 9.90. The molecule has 2 aromatic rings. The van der Waals surface area contributed by atoms with Crippen LogP contribution in [0.3, 0.4) is 0 Å². The van der Waals surface area contributed by atoms with Gasteiger partial charge in [-0.25, -0.2) is 19.0 Å². The van der Waals surface area contributed by atoms with Gasteiger partial charge in [0.2, 0.25) is 0 Å². The number of nitrogens with zero attached hydrogens (tertiary/aromatic N) is 3. The number of aldehydes is 1. The molecule has 3 rings (SSSR count). The number of fused-ring (bicyclic) bond motifs is 1. The van der Waals surface area contributed by atoms with Gasteiger partial charge in [-0.2, -0.15) is 0 Å². The highest BCUT2D eigenvalue weighted by Crippen LogP contribution is 2.35. The Balaban J connectivity index is 2.03. The van der Waals surface area contributed by atoms with Crippen LogP contribution in [0.15, 0.2) is 29.4 Å². The molecule has 0 bridgehead atoms. The zero-order valence-corrected chi connectivity index (χ0v) is 17.4. The van der Waals surface area contributed by atoms with Crippen molar-refractivity contribution in [2.45, 2.75) is 45.4 Å². The van der Waals surface area contributed by atoms with Crippen molar-refractivity contribution in [2.24, 2.45) is 4.99 Å². The van der Waals surface area contributed by atoms with Crippen molar-refractivity contribution in [1.82, 2.24) is 14.9 Å². The number of rotatable bonds is 3. The quantitative estimate of drug-likeness (QED) is 0.639. The van der Waals surface area contributed by atoms with Crippen LogP contribution in [0.1, 0.15) is 49.6 Å². The first-order valence-corrected chi connectivity index (χ1v) is 9.33. The second kappa shape index (κ2) is 7.82. The average molecular weight is 431 g/mol. The SMILES string of the molecule is CC(C)(C)OC(=O)Nc1ccc(F)c(C2(C)Cn3c(C=O)cnc3C(NC(=O)O)=N2)c1. The third kappa shape index (κ3) is 4.71. The highest BCUT2D eigenvalue weighted by atomic mass is 19.1. The topological polar surface area (TPSA) is 135 Å². The number of hydrogen-bond acceptors (Lipinski definition) is 6. The van der Waals surface area contributed by atoms with Gasteiger partial charge in [0.25, 0.3) is 0 Å². The van der Waals surface area contributed by atoms with Gasteiger partial charge < -0.3 is 14.4 Å². The van der Waals surface area contributed by atoms with Crippen molar-refractivity contribution in [1.29, 1.82) is 0 Å². The molecule has 1 atom stereocenters. The normalized spacial score (nSPS) is 17.9. The minimum absolute atomic E-state index is 0.0218. The minimum Gasteiger partial charge on any atom is -0.465 e. The highest BCUT2D eigenvalue weighted by Gasteiger charge is 2.37. The molecule has 0 radical (unpaired) electrons. The van der Waals surface area contributed by atoms with Gasteiger partial charge in [-0.15, -0.1) is 0 Å². The Morgan fingerprint density at radius 3 is 2.65 bits per heavy atom. The molecule has 0 spiro atoms. The molecule has 3 N–H and O–H groups in total. The van der Waals surface area contributed by atoms with E-state index in [1.54, 1.807) is 27.7 Å². The molecule has 0 saturated carbocycles. The Hall–Kier alpha value is -3.76. The molecule has 1 aliphatic heterocycles. The molecular weight excluding hydrogens is 409 g/mol. The Morgan fingerprint density at radius 2 is 2.03 bits per heavy atom. The lowest BCUT2D eigenvalue weighted by Gasteiger charge is -2.33. The summed E-state index contributed by atoms with van der Waals surface area (Å²) in [7, 11) is 0. The molecule has 1 aromatic carbocycles. The smallest absolute Gasteiger partial charge is 0.412 e. The van der Waals surface area contributed by atoms with Crippen LogP contribution in [0.5, 0.6) is 0 Å². The van der Waals surface area contributed by atoms with E-state index in [0.717, 1.165) is 6.07 Å². The lowest BCUT2D eigenvalue weighted by Crippen LogP contribution is -2.42. The van der Waals surface area contributed by atoms with Gasteiger partial charge in [0.15, 0.2) is 17.9 Å². The third-order valence-electron chi connectivity index (χ3n) is 4.46. The predicted octanol–water partition coefficient (Wildman–Crippen LogP) is 3.12. The number of hydrogen-bond donors (Lipinski definition) is 3. The first-order chi connectivity index (χ1) is 14.4. The second-order valence-electron chi connectivity index (χ2n) is 8.20. The minimum atomic E-state index is -1.38. The summed E-state index contributed by atoms with van der Waals surface area (Å²) in [6.45, 7) is 6.75. The first kappa shape index (κ1) is 21.9. The number of anilines is 1. The Labute approximate surface area is 177 Å². The van der Waals surface area contributed by atoms with E-state index in [4.69, 9.17) is 9.84 Å². The number of aromatic nitrogens is 2. The number of imidazole rings is 1. The van der Waals surface area contributed by atoms with Crippen LogP contribution < -0.4 is 10.6 Å². The fraction of sp³-hybridized carbons (Fsp3) is 0.350.